The molecule has 0 spiro atoms. The molecule has 0 radical (unpaired) electrons. The number of benzene rings is 4. The van der Waals surface area contributed by atoms with E-state index in [0.29, 0.717) is 0 Å². The molecule has 0 saturated carbocycles. The van der Waals surface area contributed by atoms with Crippen LogP contribution in [0.25, 0.3) is 21.9 Å². The summed E-state index contributed by atoms with van der Waals surface area (Å²) in [6.45, 7) is 6.31. The minimum atomic E-state index is 0.727. The van der Waals surface area contributed by atoms with Gasteiger partial charge in [-0.3, -0.25) is 4.90 Å². The molecule has 37 heavy (non-hydrogen) atoms. The lowest BCUT2D eigenvalue weighted by atomic mass is 9.87. The molecule has 4 nitrogen and oxygen atoms in total. The molecule has 190 valence electrons. The van der Waals surface area contributed by atoms with E-state index in [2.05, 4.69) is 78.6 Å². The number of ether oxygens (including phenoxy) is 3. The van der Waals surface area contributed by atoms with Gasteiger partial charge in [0.25, 0.3) is 0 Å². The maximum Gasteiger partial charge on any atom is 0.119 e. The van der Waals surface area contributed by atoms with Gasteiger partial charge in [-0.25, -0.2) is 0 Å². The number of allylic oxidation sites excluding steroid dienone is 1. The third-order valence-electron chi connectivity index (χ3n) is 7.27. The van der Waals surface area contributed by atoms with Gasteiger partial charge in [0.15, 0.2) is 0 Å². The van der Waals surface area contributed by atoms with Gasteiger partial charge in [-0.05, 0) is 108 Å². The van der Waals surface area contributed by atoms with Crippen molar-refractivity contribution in [2.45, 2.75) is 19.8 Å². The largest absolute Gasteiger partial charge is 0.497 e. The topological polar surface area (TPSA) is 30.9 Å². The van der Waals surface area contributed by atoms with Crippen molar-refractivity contribution < 1.29 is 14.2 Å². The van der Waals surface area contributed by atoms with Gasteiger partial charge in [-0.2, -0.15) is 0 Å². The van der Waals surface area contributed by atoms with E-state index in [4.69, 9.17) is 14.2 Å². The molecule has 4 heteroatoms. The monoisotopic (exact) mass is 493 g/mol. The minimum absolute atomic E-state index is 0.727. The van der Waals surface area contributed by atoms with Gasteiger partial charge in [0.2, 0.25) is 0 Å². The molecule has 5 rings (SSSR count). The summed E-state index contributed by atoms with van der Waals surface area (Å²) in [6, 6.07) is 29.5. The van der Waals surface area contributed by atoms with E-state index in [-0.39, 0.29) is 0 Å². The molecule has 1 saturated heterocycles. The van der Waals surface area contributed by atoms with E-state index < -0.39 is 0 Å². The lowest BCUT2D eigenvalue weighted by Crippen LogP contribution is -2.25. The lowest BCUT2D eigenvalue weighted by molar-refractivity contribution is 0.238. The van der Waals surface area contributed by atoms with Gasteiger partial charge in [0.1, 0.15) is 23.9 Å². The van der Waals surface area contributed by atoms with Gasteiger partial charge in [0, 0.05) is 6.54 Å². The number of likely N-dealkylation sites (tertiary alicyclic amines) is 1. The average Bonchev–Trinajstić information content (AvgIpc) is 3.47. The van der Waals surface area contributed by atoms with E-state index >= 15 is 0 Å². The molecule has 0 bridgehead atoms. The molecule has 0 unspecified atom stereocenters. The number of fused-ring (bicyclic) bond motifs is 1. The standard InChI is InChI=1S/C33H35NO3/c1-24(25-9-15-29(16-10-25)37-22-21-34-19-4-5-20-34)33(26-11-13-28(35-2)14-12-26)32-8-6-7-27-23-30(36-3)17-18-31(27)32/h6-18,23H,4-5,19-22H2,1-3H3/b33-24+. The van der Waals surface area contributed by atoms with Gasteiger partial charge >= 0.3 is 0 Å². The van der Waals surface area contributed by atoms with Gasteiger partial charge in [-0.1, -0.05) is 48.5 Å². The first-order valence-corrected chi connectivity index (χ1v) is 13.0. The number of methoxy groups -OCH3 is 2. The Morgan fingerprint density at radius 3 is 2.08 bits per heavy atom. The Labute approximate surface area is 220 Å². The highest BCUT2D eigenvalue weighted by Gasteiger charge is 2.15. The highest BCUT2D eigenvalue weighted by molar-refractivity contribution is 6.06. The zero-order chi connectivity index (χ0) is 25.6. The molecule has 0 N–H and O–H groups in total. The predicted molar refractivity (Wildman–Crippen MR) is 153 cm³/mol. The van der Waals surface area contributed by atoms with Crippen molar-refractivity contribution in [2.24, 2.45) is 0 Å². The number of rotatable bonds is 9. The average molecular weight is 494 g/mol. The van der Waals surface area contributed by atoms with Crippen LogP contribution in [0.1, 0.15) is 36.5 Å². The first kappa shape index (κ1) is 24.9. The summed E-state index contributed by atoms with van der Waals surface area (Å²) in [5.41, 5.74) is 5.91. The van der Waals surface area contributed by atoms with Crippen molar-refractivity contribution in [2.75, 3.05) is 40.5 Å². The molecular formula is C33H35NO3. The van der Waals surface area contributed by atoms with E-state index in [1.54, 1.807) is 14.2 Å². The molecule has 1 aliphatic rings. The van der Waals surface area contributed by atoms with Crippen molar-refractivity contribution in [1.29, 1.82) is 0 Å². The summed E-state index contributed by atoms with van der Waals surface area (Å²) in [5.74, 6) is 2.62. The number of hydrogen-bond acceptors (Lipinski definition) is 4. The first-order chi connectivity index (χ1) is 18.2. The molecule has 4 aromatic carbocycles. The summed E-state index contributed by atoms with van der Waals surface area (Å²) >= 11 is 0. The van der Waals surface area contributed by atoms with Crippen LogP contribution in [0.2, 0.25) is 0 Å². The molecular weight excluding hydrogens is 458 g/mol. The second-order valence-electron chi connectivity index (χ2n) is 9.54. The van der Waals surface area contributed by atoms with E-state index in [1.165, 1.54) is 53.6 Å². The van der Waals surface area contributed by atoms with Crippen LogP contribution in [-0.2, 0) is 0 Å². The molecule has 0 aliphatic carbocycles. The Balaban J connectivity index is 1.51. The van der Waals surface area contributed by atoms with Crippen molar-refractivity contribution >= 4 is 21.9 Å². The van der Waals surface area contributed by atoms with Crippen molar-refractivity contribution in [3.63, 3.8) is 0 Å². The summed E-state index contributed by atoms with van der Waals surface area (Å²) in [7, 11) is 3.40. The Morgan fingerprint density at radius 2 is 1.38 bits per heavy atom. The van der Waals surface area contributed by atoms with Crippen LogP contribution in [0, 0.1) is 0 Å². The molecule has 0 amide bonds. The van der Waals surface area contributed by atoms with Crippen LogP contribution in [0.3, 0.4) is 0 Å². The van der Waals surface area contributed by atoms with E-state index in [9.17, 15) is 0 Å². The fraction of sp³-hybridized carbons (Fsp3) is 0.273. The minimum Gasteiger partial charge on any atom is -0.497 e. The van der Waals surface area contributed by atoms with Crippen LogP contribution in [0.5, 0.6) is 17.2 Å². The highest BCUT2D eigenvalue weighted by Crippen LogP contribution is 2.37. The SMILES string of the molecule is COc1ccc(/C(=C(/C)c2ccc(OCCN3CCCC3)cc2)c2cccc3cc(OC)ccc23)cc1. The maximum absolute atomic E-state index is 6.05. The Kier molecular flexibility index (Phi) is 7.76. The van der Waals surface area contributed by atoms with Gasteiger partial charge in [0.05, 0.1) is 14.2 Å². The zero-order valence-electron chi connectivity index (χ0n) is 22.0. The number of hydrogen-bond donors (Lipinski definition) is 0. The van der Waals surface area contributed by atoms with E-state index in [0.717, 1.165) is 41.3 Å². The second-order valence-corrected chi connectivity index (χ2v) is 9.54. The van der Waals surface area contributed by atoms with Crippen LogP contribution >= 0.6 is 0 Å². The lowest BCUT2D eigenvalue weighted by Gasteiger charge is -2.18. The Morgan fingerprint density at radius 1 is 0.730 bits per heavy atom. The third-order valence-corrected chi connectivity index (χ3v) is 7.27. The predicted octanol–water partition coefficient (Wildman–Crippen LogP) is 7.31. The van der Waals surface area contributed by atoms with Crippen molar-refractivity contribution in [1.82, 2.24) is 4.90 Å². The molecule has 1 fully saturated rings. The highest BCUT2D eigenvalue weighted by atomic mass is 16.5. The summed E-state index contributed by atoms with van der Waals surface area (Å²) in [6.07, 6.45) is 2.61. The van der Waals surface area contributed by atoms with Gasteiger partial charge < -0.3 is 14.2 Å². The molecule has 1 aliphatic heterocycles. The summed E-state index contributed by atoms with van der Waals surface area (Å²) in [4.78, 5) is 2.47. The van der Waals surface area contributed by atoms with Crippen molar-refractivity contribution in [3.05, 3.63) is 102 Å². The van der Waals surface area contributed by atoms with Crippen LogP contribution < -0.4 is 14.2 Å². The van der Waals surface area contributed by atoms with Crippen LogP contribution in [-0.4, -0.2) is 45.4 Å². The fourth-order valence-corrected chi connectivity index (χ4v) is 5.18. The third kappa shape index (κ3) is 5.65. The second kappa shape index (κ2) is 11.5. The number of nitrogens with zero attached hydrogens (tertiary/aromatic N) is 1. The van der Waals surface area contributed by atoms with Gasteiger partial charge in [-0.15, -0.1) is 0 Å². The molecule has 4 aromatic rings. The van der Waals surface area contributed by atoms with Crippen molar-refractivity contribution in [3.8, 4) is 17.2 Å². The Hall–Kier alpha value is -3.76. The van der Waals surface area contributed by atoms with E-state index in [1.807, 2.05) is 18.2 Å². The molecule has 1 heterocycles. The molecule has 0 aromatic heterocycles. The Bertz CT molecular complexity index is 1370. The maximum atomic E-state index is 6.05. The molecule has 0 atom stereocenters. The first-order valence-electron chi connectivity index (χ1n) is 13.0. The summed E-state index contributed by atoms with van der Waals surface area (Å²) < 4.78 is 17.0. The normalized spacial score (nSPS) is 14.5. The zero-order valence-corrected chi connectivity index (χ0v) is 22.0. The fourth-order valence-electron chi connectivity index (χ4n) is 5.18. The van der Waals surface area contributed by atoms with Crippen LogP contribution in [0.4, 0.5) is 0 Å². The quantitative estimate of drug-likeness (QED) is 0.229. The smallest absolute Gasteiger partial charge is 0.119 e. The van der Waals surface area contributed by atoms with Crippen LogP contribution in [0.15, 0.2) is 84.9 Å². The summed E-state index contributed by atoms with van der Waals surface area (Å²) in [5, 5.41) is 2.34.